The van der Waals surface area contributed by atoms with Gasteiger partial charge in [-0.3, -0.25) is 4.98 Å². The third-order valence-electron chi connectivity index (χ3n) is 2.20. The summed E-state index contributed by atoms with van der Waals surface area (Å²) < 4.78 is 5.08. The van der Waals surface area contributed by atoms with Crippen LogP contribution in [0.5, 0.6) is 0 Å². The molecule has 4 nitrogen and oxygen atoms in total. The van der Waals surface area contributed by atoms with E-state index in [0.717, 1.165) is 5.56 Å². The lowest BCUT2D eigenvalue weighted by atomic mass is 10.0. The highest BCUT2D eigenvalue weighted by Crippen LogP contribution is 2.21. The maximum absolute atomic E-state index is 5.08. The van der Waals surface area contributed by atoms with Gasteiger partial charge in [-0.15, -0.1) is 0 Å². The first-order chi connectivity index (χ1) is 7.16. The van der Waals surface area contributed by atoms with Crippen LogP contribution in [-0.4, -0.2) is 15.1 Å². The maximum atomic E-state index is 5.08. The van der Waals surface area contributed by atoms with Crippen LogP contribution in [0.1, 0.15) is 31.2 Å². The molecule has 15 heavy (non-hydrogen) atoms. The van der Waals surface area contributed by atoms with Crippen LogP contribution in [-0.2, 0) is 0 Å². The second-order valence-corrected chi connectivity index (χ2v) is 3.81. The smallest absolute Gasteiger partial charge is 0.259 e. The average Bonchev–Trinajstić information content (AvgIpc) is 2.65. The number of rotatable bonds is 2. The molecule has 0 bridgehead atoms. The van der Waals surface area contributed by atoms with Crippen LogP contribution in [0.3, 0.4) is 0 Å². The molecule has 0 fully saturated rings. The Morgan fingerprint density at radius 1 is 1.27 bits per heavy atom. The van der Waals surface area contributed by atoms with Gasteiger partial charge in [0.15, 0.2) is 5.82 Å². The van der Waals surface area contributed by atoms with Crippen molar-refractivity contribution >= 4 is 0 Å². The van der Waals surface area contributed by atoms with Gasteiger partial charge in [-0.05, 0) is 24.5 Å². The van der Waals surface area contributed by atoms with Gasteiger partial charge in [-0.25, -0.2) is 0 Å². The topological polar surface area (TPSA) is 51.8 Å². The number of hydrogen-bond acceptors (Lipinski definition) is 4. The zero-order chi connectivity index (χ0) is 10.8. The van der Waals surface area contributed by atoms with Gasteiger partial charge in [-0.2, -0.15) is 4.98 Å². The highest BCUT2D eigenvalue weighted by Gasteiger charge is 2.08. The number of aryl methyl sites for hydroxylation is 1. The molecule has 0 aliphatic rings. The minimum Gasteiger partial charge on any atom is -0.334 e. The molecule has 0 atom stereocenters. The van der Waals surface area contributed by atoms with Crippen LogP contribution >= 0.6 is 0 Å². The molecule has 4 heteroatoms. The average molecular weight is 203 g/mol. The third kappa shape index (κ3) is 2.03. The molecule has 2 rings (SSSR count). The normalized spacial score (nSPS) is 10.9. The molecule has 0 N–H and O–H groups in total. The standard InChI is InChI=1S/C11H13N3O/c1-7(2)9-4-10(6-12-5-9)11-13-8(3)14-15-11/h4-7H,1-3H3. The predicted octanol–water partition coefficient (Wildman–Crippen LogP) is 2.56. The molecule has 0 aliphatic carbocycles. The molecule has 2 aromatic heterocycles. The van der Waals surface area contributed by atoms with E-state index in [-0.39, 0.29) is 0 Å². The van der Waals surface area contributed by atoms with Crippen LogP contribution in [0.25, 0.3) is 11.5 Å². The highest BCUT2D eigenvalue weighted by atomic mass is 16.5. The van der Waals surface area contributed by atoms with Crippen LogP contribution in [0.4, 0.5) is 0 Å². The Bertz CT molecular complexity index is 462. The van der Waals surface area contributed by atoms with Crippen molar-refractivity contribution in [1.82, 2.24) is 15.1 Å². The van der Waals surface area contributed by atoms with Crippen molar-refractivity contribution in [3.05, 3.63) is 29.8 Å². The minimum absolute atomic E-state index is 0.446. The lowest BCUT2D eigenvalue weighted by Crippen LogP contribution is -1.90. The largest absolute Gasteiger partial charge is 0.334 e. The number of nitrogens with zero attached hydrogens (tertiary/aromatic N) is 3. The summed E-state index contributed by atoms with van der Waals surface area (Å²) in [5.41, 5.74) is 2.05. The Morgan fingerprint density at radius 3 is 2.67 bits per heavy atom. The molecule has 2 aromatic rings. The Hall–Kier alpha value is -1.71. The van der Waals surface area contributed by atoms with Crippen molar-refractivity contribution in [3.63, 3.8) is 0 Å². The van der Waals surface area contributed by atoms with Gasteiger partial charge in [0.25, 0.3) is 5.89 Å². The summed E-state index contributed by atoms with van der Waals surface area (Å²) in [4.78, 5) is 8.33. The minimum atomic E-state index is 0.446. The third-order valence-corrected chi connectivity index (χ3v) is 2.20. The van der Waals surface area contributed by atoms with E-state index < -0.39 is 0 Å². The van der Waals surface area contributed by atoms with Crippen LogP contribution in [0, 0.1) is 6.92 Å². The van der Waals surface area contributed by atoms with Gasteiger partial charge >= 0.3 is 0 Å². The van der Waals surface area contributed by atoms with E-state index in [0.29, 0.717) is 17.6 Å². The summed E-state index contributed by atoms with van der Waals surface area (Å²) >= 11 is 0. The molecule has 0 spiro atoms. The second kappa shape index (κ2) is 3.81. The maximum Gasteiger partial charge on any atom is 0.259 e. The van der Waals surface area contributed by atoms with Gasteiger partial charge in [0.1, 0.15) is 0 Å². The van der Waals surface area contributed by atoms with E-state index in [1.807, 2.05) is 12.3 Å². The Balaban J connectivity index is 2.41. The molecule has 0 aromatic carbocycles. The molecule has 2 heterocycles. The Labute approximate surface area is 88.4 Å². The summed E-state index contributed by atoms with van der Waals surface area (Å²) in [6.45, 7) is 6.05. The summed E-state index contributed by atoms with van der Waals surface area (Å²) in [6.07, 6.45) is 3.59. The molecule has 0 amide bonds. The number of hydrogen-bond donors (Lipinski definition) is 0. The Kier molecular flexibility index (Phi) is 2.49. The predicted molar refractivity (Wildman–Crippen MR) is 56.4 cm³/mol. The van der Waals surface area contributed by atoms with Gasteiger partial charge in [-0.1, -0.05) is 19.0 Å². The summed E-state index contributed by atoms with van der Waals surface area (Å²) in [5.74, 6) is 1.61. The first-order valence-corrected chi connectivity index (χ1v) is 4.92. The zero-order valence-electron chi connectivity index (χ0n) is 9.06. The van der Waals surface area contributed by atoms with Crippen molar-refractivity contribution in [1.29, 1.82) is 0 Å². The van der Waals surface area contributed by atoms with E-state index in [2.05, 4.69) is 29.0 Å². The van der Waals surface area contributed by atoms with E-state index in [1.54, 1.807) is 13.1 Å². The van der Waals surface area contributed by atoms with Gasteiger partial charge in [0.2, 0.25) is 0 Å². The highest BCUT2D eigenvalue weighted by molar-refractivity contribution is 5.52. The lowest BCUT2D eigenvalue weighted by molar-refractivity contribution is 0.425. The Morgan fingerprint density at radius 2 is 2.07 bits per heavy atom. The van der Waals surface area contributed by atoms with Crippen LogP contribution in [0.2, 0.25) is 0 Å². The van der Waals surface area contributed by atoms with Crippen LogP contribution in [0.15, 0.2) is 23.0 Å². The first kappa shape index (κ1) is 9.83. The molecular weight excluding hydrogens is 190 g/mol. The zero-order valence-corrected chi connectivity index (χ0v) is 9.06. The van der Waals surface area contributed by atoms with E-state index in [9.17, 15) is 0 Å². The van der Waals surface area contributed by atoms with Crippen molar-refractivity contribution in [2.24, 2.45) is 0 Å². The quantitative estimate of drug-likeness (QED) is 0.752. The fourth-order valence-corrected chi connectivity index (χ4v) is 1.30. The van der Waals surface area contributed by atoms with E-state index in [4.69, 9.17) is 4.52 Å². The number of aromatic nitrogens is 3. The molecule has 0 aliphatic heterocycles. The fraction of sp³-hybridized carbons (Fsp3) is 0.364. The molecule has 0 unspecified atom stereocenters. The van der Waals surface area contributed by atoms with Gasteiger partial charge in [0, 0.05) is 12.4 Å². The van der Waals surface area contributed by atoms with Crippen molar-refractivity contribution < 1.29 is 4.52 Å². The van der Waals surface area contributed by atoms with Crippen molar-refractivity contribution in [3.8, 4) is 11.5 Å². The van der Waals surface area contributed by atoms with Gasteiger partial charge in [0.05, 0.1) is 5.56 Å². The van der Waals surface area contributed by atoms with Gasteiger partial charge < -0.3 is 4.52 Å². The number of pyridine rings is 1. The van der Waals surface area contributed by atoms with E-state index >= 15 is 0 Å². The molecule has 0 saturated carbocycles. The molecule has 78 valence electrons. The van der Waals surface area contributed by atoms with Crippen LogP contribution < -0.4 is 0 Å². The van der Waals surface area contributed by atoms with E-state index in [1.165, 1.54) is 5.56 Å². The molecule has 0 radical (unpaired) electrons. The summed E-state index contributed by atoms with van der Waals surface area (Å²) in [7, 11) is 0. The van der Waals surface area contributed by atoms with Crippen molar-refractivity contribution in [2.75, 3.05) is 0 Å². The second-order valence-electron chi connectivity index (χ2n) is 3.81. The lowest BCUT2D eigenvalue weighted by Gasteiger charge is -2.04. The molecular formula is C11H13N3O. The fourth-order valence-electron chi connectivity index (χ4n) is 1.30. The first-order valence-electron chi connectivity index (χ1n) is 4.92. The summed E-state index contributed by atoms with van der Waals surface area (Å²) in [6, 6.07) is 2.03. The molecule has 0 saturated heterocycles. The van der Waals surface area contributed by atoms with Crippen molar-refractivity contribution in [2.45, 2.75) is 26.7 Å². The summed E-state index contributed by atoms with van der Waals surface area (Å²) in [5, 5.41) is 3.75. The monoisotopic (exact) mass is 203 g/mol. The SMILES string of the molecule is Cc1noc(-c2cncc(C(C)C)c2)n1.